The van der Waals surface area contributed by atoms with Crippen LogP contribution in [0.3, 0.4) is 0 Å². The molecule has 1 aliphatic heterocycles. The van der Waals surface area contributed by atoms with Crippen LogP contribution in [0.5, 0.6) is 0 Å². The Morgan fingerprint density at radius 1 is 1.23 bits per heavy atom. The zero-order chi connectivity index (χ0) is 18.5. The van der Waals surface area contributed by atoms with Crippen molar-refractivity contribution < 1.29 is 14.4 Å². The molecule has 136 valence electrons. The Labute approximate surface area is 160 Å². The first-order chi connectivity index (χ1) is 12.6. The summed E-state index contributed by atoms with van der Waals surface area (Å²) in [6.07, 6.45) is 6.07. The monoisotopic (exact) mass is 369 g/mol. The third kappa shape index (κ3) is 4.29. The maximum Gasteiger partial charge on any atom is 0.287 e. The molecule has 1 aromatic carbocycles. The molecule has 26 heavy (non-hydrogen) atoms. The van der Waals surface area contributed by atoms with Crippen LogP contribution in [0.15, 0.2) is 48.8 Å². The van der Waals surface area contributed by atoms with Crippen LogP contribution in [0.1, 0.15) is 29.5 Å². The van der Waals surface area contributed by atoms with Crippen LogP contribution in [-0.2, 0) is 4.74 Å². The third-order valence-electron chi connectivity index (χ3n) is 4.71. The van der Waals surface area contributed by atoms with Crippen molar-refractivity contribution in [3.8, 4) is 0 Å². The molecule has 0 saturated carbocycles. The summed E-state index contributed by atoms with van der Waals surface area (Å²) in [6.45, 7) is 5.55. The first kappa shape index (κ1) is 18.5. The number of aliphatic hydroxyl groups excluding tert-OH is 1. The SMILES string of the molecule is Cc1ccc(/C(O)=C(\C(=S)NCC2CCCO2)[n+]2ccccc2)cc1C. The molecule has 5 heteroatoms. The second kappa shape index (κ2) is 8.43. The van der Waals surface area contributed by atoms with Crippen LogP contribution in [-0.4, -0.2) is 29.4 Å². The van der Waals surface area contributed by atoms with Gasteiger partial charge in [0.15, 0.2) is 23.1 Å². The summed E-state index contributed by atoms with van der Waals surface area (Å²) in [5.41, 5.74) is 3.64. The number of aryl methyl sites for hydroxylation is 2. The highest BCUT2D eigenvalue weighted by molar-refractivity contribution is 7.81. The quantitative estimate of drug-likeness (QED) is 0.366. The summed E-state index contributed by atoms with van der Waals surface area (Å²) in [6, 6.07) is 11.7. The summed E-state index contributed by atoms with van der Waals surface area (Å²) in [4.78, 5) is 0.507. The van der Waals surface area contributed by atoms with E-state index in [0.29, 0.717) is 17.2 Å². The second-order valence-corrected chi connectivity index (χ2v) is 7.03. The molecular weight excluding hydrogens is 344 g/mol. The zero-order valence-corrected chi connectivity index (χ0v) is 16.1. The molecule has 0 aliphatic carbocycles. The van der Waals surface area contributed by atoms with Gasteiger partial charge in [-0.25, -0.2) is 0 Å². The van der Waals surface area contributed by atoms with Crippen molar-refractivity contribution in [1.82, 2.24) is 5.32 Å². The Bertz CT molecular complexity index is 812. The number of hydrogen-bond donors (Lipinski definition) is 2. The smallest absolute Gasteiger partial charge is 0.287 e. The Morgan fingerprint density at radius 3 is 2.65 bits per heavy atom. The Morgan fingerprint density at radius 2 is 2.00 bits per heavy atom. The van der Waals surface area contributed by atoms with Crippen LogP contribution in [0.25, 0.3) is 11.5 Å². The fourth-order valence-electron chi connectivity index (χ4n) is 3.02. The standard InChI is InChI=1S/C21H24N2O2S/c1-15-8-9-17(13-16(15)2)20(24)19(23-10-4-3-5-11-23)21(26)22-14-18-7-6-12-25-18/h3-5,8-11,13,18H,6-7,12,14H2,1-2H3,(H-,22,24,26)/p+1. The van der Waals surface area contributed by atoms with Crippen LogP contribution in [0.4, 0.5) is 0 Å². The van der Waals surface area contributed by atoms with Crippen LogP contribution in [0.2, 0.25) is 0 Å². The summed E-state index contributed by atoms with van der Waals surface area (Å²) in [5.74, 6) is 0.161. The van der Waals surface area contributed by atoms with E-state index >= 15 is 0 Å². The number of aliphatic hydroxyl groups is 1. The van der Waals surface area contributed by atoms with Gasteiger partial charge in [-0.05, 0) is 43.9 Å². The Hall–Kier alpha value is -2.24. The number of ether oxygens (including phenoxy) is 1. The van der Waals surface area contributed by atoms with E-state index in [1.54, 1.807) is 0 Å². The lowest BCUT2D eigenvalue weighted by molar-refractivity contribution is -0.576. The van der Waals surface area contributed by atoms with Crippen LogP contribution < -0.4 is 9.88 Å². The topological polar surface area (TPSA) is 45.4 Å². The van der Waals surface area contributed by atoms with E-state index in [4.69, 9.17) is 17.0 Å². The van der Waals surface area contributed by atoms with Gasteiger partial charge in [0.1, 0.15) is 0 Å². The fraction of sp³-hybridized carbons (Fsp3) is 0.333. The summed E-state index contributed by atoms with van der Waals surface area (Å²) in [7, 11) is 0. The van der Waals surface area contributed by atoms with Crippen molar-refractivity contribution in [2.24, 2.45) is 0 Å². The predicted molar refractivity (Wildman–Crippen MR) is 108 cm³/mol. The van der Waals surface area contributed by atoms with Gasteiger partial charge >= 0.3 is 0 Å². The minimum atomic E-state index is 0.161. The second-order valence-electron chi connectivity index (χ2n) is 6.62. The van der Waals surface area contributed by atoms with Gasteiger partial charge in [-0.2, -0.15) is 4.57 Å². The largest absolute Gasteiger partial charge is 0.502 e. The minimum Gasteiger partial charge on any atom is -0.502 e. The molecule has 4 nitrogen and oxygen atoms in total. The van der Waals surface area contributed by atoms with Gasteiger partial charge in [-0.1, -0.05) is 30.4 Å². The zero-order valence-electron chi connectivity index (χ0n) is 15.2. The molecule has 2 heterocycles. The number of hydrogen-bond acceptors (Lipinski definition) is 3. The van der Waals surface area contributed by atoms with Gasteiger partial charge in [0, 0.05) is 30.8 Å². The lowest BCUT2D eigenvalue weighted by atomic mass is 10.0. The van der Waals surface area contributed by atoms with Crippen LogP contribution >= 0.6 is 12.2 Å². The normalized spacial score (nSPS) is 17.7. The number of benzene rings is 1. The highest BCUT2D eigenvalue weighted by atomic mass is 32.1. The molecule has 0 amide bonds. The summed E-state index contributed by atoms with van der Waals surface area (Å²) < 4.78 is 7.50. The third-order valence-corrected chi connectivity index (χ3v) is 5.05. The molecule has 1 saturated heterocycles. The van der Waals surface area contributed by atoms with Gasteiger partial charge in [0.2, 0.25) is 0 Å². The molecule has 0 bridgehead atoms. The number of rotatable bonds is 5. The highest BCUT2D eigenvalue weighted by Gasteiger charge is 2.25. The van der Waals surface area contributed by atoms with Gasteiger partial charge < -0.3 is 15.2 Å². The molecule has 0 radical (unpaired) electrons. The molecule has 2 N–H and O–H groups in total. The molecule has 1 aromatic heterocycles. The first-order valence-electron chi connectivity index (χ1n) is 8.93. The Balaban J connectivity index is 1.94. The van der Waals surface area contributed by atoms with Crippen LogP contribution in [0, 0.1) is 13.8 Å². The predicted octanol–water partition coefficient (Wildman–Crippen LogP) is 3.57. The highest BCUT2D eigenvalue weighted by Crippen LogP contribution is 2.20. The van der Waals surface area contributed by atoms with Gasteiger partial charge in [0.25, 0.3) is 5.70 Å². The molecule has 2 aromatic rings. The number of pyridine rings is 1. The van der Waals surface area contributed by atoms with E-state index in [1.807, 2.05) is 60.3 Å². The molecule has 1 fully saturated rings. The number of thiocarbonyl (C=S) groups is 1. The van der Waals surface area contributed by atoms with E-state index in [1.165, 1.54) is 5.56 Å². The van der Waals surface area contributed by atoms with E-state index in [9.17, 15) is 5.11 Å². The van der Waals surface area contributed by atoms with Crippen molar-refractivity contribution in [3.63, 3.8) is 0 Å². The maximum absolute atomic E-state index is 11.0. The molecule has 1 aliphatic rings. The average Bonchev–Trinajstić information content (AvgIpc) is 3.17. The molecule has 1 unspecified atom stereocenters. The van der Waals surface area contributed by atoms with Crippen molar-refractivity contribution >= 4 is 28.7 Å². The van der Waals surface area contributed by atoms with E-state index in [-0.39, 0.29) is 11.9 Å². The number of nitrogens with zero attached hydrogens (tertiary/aromatic N) is 1. The molecular formula is C21H25N2O2S+. The summed E-state index contributed by atoms with van der Waals surface area (Å²) >= 11 is 5.62. The van der Waals surface area contributed by atoms with Crippen molar-refractivity contribution in [2.45, 2.75) is 32.8 Å². The maximum atomic E-state index is 11.0. The molecule has 3 rings (SSSR count). The fourth-order valence-corrected chi connectivity index (χ4v) is 3.30. The molecule has 0 spiro atoms. The van der Waals surface area contributed by atoms with E-state index in [2.05, 4.69) is 12.2 Å². The summed E-state index contributed by atoms with van der Waals surface area (Å²) in [5, 5.41) is 14.3. The van der Waals surface area contributed by atoms with Gasteiger partial charge in [-0.3, -0.25) is 0 Å². The van der Waals surface area contributed by atoms with Crippen molar-refractivity contribution in [3.05, 3.63) is 65.5 Å². The van der Waals surface area contributed by atoms with Gasteiger partial charge in [-0.15, -0.1) is 0 Å². The number of nitrogens with one attached hydrogen (secondary N) is 1. The first-order valence-corrected chi connectivity index (χ1v) is 9.34. The number of aromatic nitrogens is 1. The van der Waals surface area contributed by atoms with E-state index in [0.717, 1.165) is 30.6 Å². The Kier molecular flexibility index (Phi) is 6.01. The van der Waals surface area contributed by atoms with Crippen molar-refractivity contribution in [2.75, 3.05) is 13.2 Å². The van der Waals surface area contributed by atoms with Crippen molar-refractivity contribution in [1.29, 1.82) is 0 Å². The minimum absolute atomic E-state index is 0.161. The van der Waals surface area contributed by atoms with Gasteiger partial charge in [0.05, 0.1) is 6.10 Å². The lowest BCUT2D eigenvalue weighted by Crippen LogP contribution is -2.42. The lowest BCUT2D eigenvalue weighted by Gasteiger charge is -2.13. The van der Waals surface area contributed by atoms with E-state index < -0.39 is 0 Å². The molecule has 1 atom stereocenters. The average molecular weight is 370 g/mol.